The van der Waals surface area contributed by atoms with E-state index in [1.54, 1.807) is 17.9 Å². The minimum Gasteiger partial charge on any atom is -0.270 e. The van der Waals surface area contributed by atoms with Gasteiger partial charge in [-0.05, 0) is 12.1 Å². The van der Waals surface area contributed by atoms with Crippen molar-refractivity contribution in [1.29, 1.82) is 0 Å². The first-order valence-corrected chi connectivity index (χ1v) is 2.96. The average Bonchev–Trinajstić information content (AvgIpc) is 2.04. The van der Waals surface area contributed by atoms with Crippen molar-refractivity contribution in [2.45, 2.75) is 0 Å². The number of hydrogen-bond donors (Lipinski definition) is 0. The first-order chi connectivity index (χ1) is 4.88. The summed E-state index contributed by atoms with van der Waals surface area (Å²) in [6.07, 6.45) is 1.80. The molecule has 0 unspecified atom stereocenters. The minimum absolute atomic E-state index is 0.803. The van der Waals surface area contributed by atoms with Gasteiger partial charge in [0.15, 0.2) is 0 Å². The highest BCUT2D eigenvalue weighted by Crippen LogP contribution is 1.78. The number of hydrogen-bond acceptors (Lipinski definition) is 2. The summed E-state index contributed by atoms with van der Waals surface area (Å²) in [6.45, 7) is 3.39. The van der Waals surface area contributed by atoms with E-state index in [2.05, 4.69) is 16.8 Å². The second-order valence-corrected chi connectivity index (χ2v) is 1.77. The molecule has 0 amide bonds. The van der Waals surface area contributed by atoms with Gasteiger partial charge < -0.3 is 0 Å². The van der Waals surface area contributed by atoms with Crippen LogP contribution >= 0.6 is 0 Å². The van der Waals surface area contributed by atoms with Crippen LogP contribution in [0.4, 0.5) is 0 Å². The maximum atomic E-state index is 3.97. The van der Waals surface area contributed by atoms with Crippen LogP contribution in [-0.4, -0.2) is 18.4 Å². The fourth-order valence-electron chi connectivity index (χ4n) is 0.722. The average molecular weight is 135 g/mol. The van der Waals surface area contributed by atoms with E-state index in [1.807, 2.05) is 18.2 Å². The van der Waals surface area contributed by atoms with Crippen molar-refractivity contribution in [2.24, 2.45) is 10.1 Å². The van der Waals surface area contributed by atoms with Gasteiger partial charge in [0.05, 0.1) is 0 Å². The van der Waals surface area contributed by atoms with Crippen molar-refractivity contribution in [1.82, 2.24) is 4.68 Å². The van der Waals surface area contributed by atoms with Crippen LogP contribution in [0.3, 0.4) is 0 Å². The fourth-order valence-corrected chi connectivity index (χ4v) is 0.722. The molecule has 1 rings (SSSR count). The molecule has 0 bridgehead atoms. The van der Waals surface area contributed by atoms with Gasteiger partial charge in [-0.15, -0.1) is 0 Å². The molecule has 3 nitrogen and oxygen atoms in total. The number of pyridine rings is 1. The number of rotatable bonds is 1. The Morgan fingerprint density at radius 1 is 1.50 bits per heavy atom. The zero-order valence-corrected chi connectivity index (χ0v) is 5.86. The lowest BCUT2D eigenvalue weighted by Gasteiger charge is -1.95. The molecule has 1 heterocycles. The zero-order chi connectivity index (χ0) is 7.40. The highest BCUT2D eigenvalue weighted by atomic mass is 15.3. The molecule has 0 N–H and O–H groups in total. The molecule has 0 aliphatic rings. The van der Waals surface area contributed by atoms with Gasteiger partial charge in [0.25, 0.3) is 0 Å². The third-order valence-electron chi connectivity index (χ3n) is 1.20. The Labute approximate surface area is 59.4 Å². The smallest absolute Gasteiger partial charge is 0.148 e. The Kier molecular flexibility index (Phi) is 1.99. The molecule has 0 spiro atoms. The molecule has 1 aromatic rings. The minimum atomic E-state index is 0.803. The van der Waals surface area contributed by atoms with Crippen molar-refractivity contribution < 1.29 is 0 Å². The maximum Gasteiger partial charge on any atom is 0.148 e. The number of aromatic nitrogens is 1. The largest absolute Gasteiger partial charge is 0.270 e. The molecule has 0 radical (unpaired) electrons. The third kappa shape index (κ3) is 1.13. The van der Waals surface area contributed by atoms with Gasteiger partial charge >= 0.3 is 0 Å². The molecule has 1 aromatic heterocycles. The molecule has 0 fully saturated rings. The monoisotopic (exact) mass is 135 g/mol. The van der Waals surface area contributed by atoms with E-state index in [4.69, 9.17) is 0 Å². The van der Waals surface area contributed by atoms with Gasteiger partial charge in [0.1, 0.15) is 5.49 Å². The molecule has 0 atom stereocenters. The first kappa shape index (κ1) is 6.74. The topological polar surface area (TPSA) is 29.6 Å². The quantitative estimate of drug-likeness (QED) is 0.501. The lowest BCUT2D eigenvalue weighted by molar-refractivity contribution is 0.807. The van der Waals surface area contributed by atoms with Crippen molar-refractivity contribution >= 4 is 6.72 Å². The Balaban J connectivity index is 3.36. The van der Waals surface area contributed by atoms with Crippen LogP contribution < -0.4 is 5.49 Å². The van der Waals surface area contributed by atoms with E-state index >= 15 is 0 Å². The summed E-state index contributed by atoms with van der Waals surface area (Å²) < 4.78 is 1.61. The van der Waals surface area contributed by atoms with Crippen molar-refractivity contribution in [3.8, 4) is 0 Å². The third-order valence-corrected chi connectivity index (χ3v) is 1.20. The van der Waals surface area contributed by atoms with Gasteiger partial charge in [-0.2, -0.15) is 5.10 Å². The Bertz CT molecular complexity index is 285. The summed E-state index contributed by atoms with van der Waals surface area (Å²) in [6, 6.07) is 5.65. The molecule has 0 aliphatic carbocycles. The van der Waals surface area contributed by atoms with E-state index < -0.39 is 0 Å². The van der Waals surface area contributed by atoms with E-state index in [9.17, 15) is 0 Å². The predicted octanol–water partition coefficient (Wildman–Crippen LogP) is 0.482. The van der Waals surface area contributed by atoms with Gasteiger partial charge in [0.2, 0.25) is 0 Å². The summed E-state index contributed by atoms with van der Waals surface area (Å²) in [7, 11) is 1.72. The van der Waals surface area contributed by atoms with Crippen LogP contribution in [0, 0.1) is 0 Å². The molecule has 0 aromatic carbocycles. The summed E-state index contributed by atoms with van der Waals surface area (Å²) in [5, 5.41) is 3.71. The molecule has 0 aliphatic heterocycles. The number of nitrogens with zero attached hydrogens (tertiary/aromatic N) is 3. The lowest BCUT2D eigenvalue weighted by atomic mass is 10.5. The van der Waals surface area contributed by atoms with Crippen LogP contribution in [-0.2, 0) is 0 Å². The Hall–Kier alpha value is -1.38. The van der Waals surface area contributed by atoms with Crippen LogP contribution in [0.5, 0.6) is 0 Å². The van der Waals surface area contributed by atoms with E-state index in [-0.39, 0.29) is 0 Å². The van der Waals surface area contributed by atoms with Crippen LogP contribution in [0.25, 0.3) is 0 Å². The predicted molar refractivity (Wildman–Crippen MR) is 40.9 cm³/mol. The molecule has 10 heavy (non-hydrogen) atoms. The summed E-state index contributed by atoms with van der Waals surface area (Å²) in [4.78, 5) is 3.97. The summed E-state index contributed by atoms with van der Waals surface area (Å²) >= 11 is 0. The van der Waals surface area contributed by atoms with Crippen molar-refractivity contribution in [2.75, 3.05) is 7.05 Å². The molecular weight excluding hydrogens is 126 g/mol. The zero-order valence-electron chi connectivity index (χ0n) is 5.86. The maximum absolute atomic E-state index is 3.97. The van der Waals surface area contributed by atoms with Crippen molar-refractivity contribution in [3.63, 3.8) is 0 Å². The van der Waals surface area contributed by atoms with Gasteiger partial charge in [-0.1, -0.05) is 6.07 Å². The Morgan fingerprint density at radius 2 is 2.30 bits per heavy atom. The highest BCUT2D eigenvalue weighted by Gasteiger charge is 1.81. The van der Waals surface area contributed by atoms with Gasteiger partial charge in [-0.25, -0.2) is 4.68 Å². The van der Waals surface area contributed by atoms with Gasteiger partial charge in [0, 0.05) is 20.0 Å². The summed E-state index contributed by atoms with van der Waals surface area (Å²) in [5.41, 5.74) is 0.803. The van der Waals surface area contributed by atoms with E-state index in [1.165, 1.54) is 0 Å². The van der Waals surface area contributed by atoms with Gasteiger partial charge in [-0.3, -0.25) is 4.99 Å². The van der Waals surface area contributed by atoms with E-state index in [0.717, 1.165) is 5.49 Å². The van der Waals surface area contributed by atoms with Crippen molar-refractivity contribution in [3.05, 3.63) is 29.9 Å². The SMILES string of the molecule is C=Nn1ccccc1=NC. The first-order valence-electron chi connectivity index (χ1n) is 2.96. The Morgan fingerprint density at radius 3 is 2.80 bits per heavy atom. The fraction of sp³-hybridized carbons (Fsp3) is 0.143. The molecular formula is C7H9N3. The second-order valence-electron chi connectivity index (χ2n) is 1.77. The van der Waals surface area contributed by atoms with Crippen LogP contribution in [0.2, 0.25) is 0 Å². The normalized spacial score (nSPS) is 11.5. The molecule has 3 heteroatoms. The molecule has 52 valence electrons. The molecule has 0 saturated heterocycles. The second kappa shape index (κ2) is 2.96. The van der Waals surface area contributed by atoms with Crippen LogP contribution in [0.1, 0.15) is 0 Å². The summed E-state index contributed by atoms with van der Waals surface area (Å²) in [5.74, 6) is 0. The highest BCUT2D eigenvalue weighted by molar-refractivity contribution is 5.23. The standard InChI is InChI=1S/C7H9N3/c1-8-7-5-3-4-6-10(7)9-2/h3-6H,2H2,1H3. The molecule has 0 saturated carbocycles. The lowest BCUT2D eigenvalue weighted by Crippen LogP contribution is -2.14. The van der Waals surface area contributed by atoms with E-state index in [0.29, 0.717) is 0 Å². The van der Waals surface area contributed by atoms with Crippen LogP contribution in [0.15, 0.2) is 34.5 Å².